The minimum atomic E-state index is -3.67. The van der Waals surface area contributed by atoms with Crippen LogP contribution in [0.5, 0.6) is 0 Å². The maximum atomic E-state index is 13.1. The van der Waals surface area contributed by atoms with E-state index >= 15 is 0 Å². The molecule has 26 heavy (non-hydrogen) atoms. The average Bonchev–Trinajstić information content (AvgIpc) is 2.54. The van der Waals surface area contributed by atoms with Crippen molar-refractivity contribution in [3.63, 3.8) is 0 Å². The van der Waals surface area contributed by atoms with Crippen LogP contribution in [0.4, 0.5) is 9.18 Å². The summed E-state index contributed by atoms with van der Waals surface area (Å²) in [5, 5.41) is 5.60. The molecule has 2 amide bonds. The monoisotopic (exact) mass is 385 g/mol. The quantitative estimate of drug-likeness (QED) is 0.818. The van der Waals surface area contributed by atoms with Crippen LogP contribution < -0.4 is 10.6 Å². The van der Waals surface area contributed by atoms with Gasteiger partial charge >= 0.3 is 6.03 Å². The van der Waals surface area contributed by atoms with Gasteiger partial charge in [-0.05, 0) is 64.3 Å². The number of benzene rings is 1. The molecule has 2 N–H and O–H groups in total. The molecule has 1 heterocycles. The first-order chi connectivity index (χ1) is 12.1. The minimum Gasteiger partial charge on any atom is -0.338 e. The van der Waals surface area contributed by atoms with Gasteiger partial charge in [0.1, 0.15) is 5.82 Å². The van der Waals surface area contributed by atoms with Gasteiger partial charge in [0, 0.05) is 24.7 Å². The van der Waals surface area contributed by atoms with E-state index in [9.17, 15) is 17.6 Å². The number of sulfonamides is 1. The Bertz CT molecular complexity index is 714. The standard InChI is InChI=1S/C18H28FN3O3S/c1-18(2,3)21-17(23)20-12-11-15-6-4-5-13-22(15)26(24,25)16-9-7-14(19)8-10-16/h7-10,15H,4-6,11-13H2,1-3H3,(H2,20,21,23). The van der Waals surface area contributed by atoms with Crippen molar-refractivity contribution < 1.29 is 17.6 Å². The summed E-state index contributed by atoms with van der Waals surface area (Å²) in [4.78, 5) is 11.9. The Hall–Kier alpha value is -1.67. The number of amides is 2. The van der Waals surface area contributed by atoms with E-state index in [-0.39, 0.29) is 22.5 Å². The summed E-state index contributed by atoms with van der Waals surface area (Å²) in [7, 11) is -3.67. The number of hydrogen-bond acceptors (Lipinski definition) is 3. The highest BCUT2D eigenvalue weighted by atomic mass is 32.2. The fourth-order valence-corrected chi connectivity index (χ4v) is 4.78. The molecule has 6 nitrogen and oxygen atoms in total. The smallest absolute Gasteiger partial charge is 0.315 e. The molecule has 1 saturated heterocycles. The van der Waals surface area contributed by atoms with Gasteiger partial charge in [-0.1, -0.05) is 6.42 Å². The van der Waals surface area contributed by atoms with Gasteiger partial charge in [-0.15, -0.1) is 0 Å². The van der Waals surface area contributed by atoms with E-state index in [4.69, 9.17) is 0 Å². The lowest BCUT2D eigenvalue weighted by molar-refractivity contribution is 0.223. The van der Waals surface area contributed by atoms with Crippen LogP contribution >= 0.6 is 0 Å². The third kappa shape index (κ3) is 5.67. The Morgan fingerprint density at radius 2 is 1.88 bits per heavy atom. The lowest BCUT2D eigenvalue weighted by atomic mass is 10.0. The van der Waals surface area contributed by atoms with Crippen LogP contribution in [0.1, 0.15) is 46.5 Å². The van der Waals surface area contributed by atoms with Gasteiger partial charge in [0.05, 0.1) is 4.90 Å². The van der Waals surface area contributed by atoms with Crippen molar-refractivity contribution >= 4 is 16.1 Å². The third-order valence-electron chi connectivity index (χ3n) is 4.24. The molecule has 1 aromatic rings. The van der Waals surface area contributed by atoms with E-state index in [2.05, 4.69) is 10.6 Å². The van der Waals surface area contributed by atoms with Crippen LogP contribution in [-0.4, -0.2) is 43.4 Å². The summed E-state index contributed by atoms with van der Waals surface area (Å²) < 4.78 is 40.4. The molecule has 1 unspecified atom stereocenters. The number of halogens is 1. The highest BCUT2D eigenvalue weighted by Gasteiger charge is 2.33. The third-order valence-corrected chi connectivity index (χ3v) is 6.21. The van der Waals surface area contributed by atoms with E-state index in [0.717, 1.165) is 31.4 Å². The fourth-order valence-electron chi connectivity index (χ4n) is 3.06. The average molecular weight is 386 g/mol. The Kier molecular flexibility index (Phi) is 6.63. The van der Waals surface area contributed by atoms with Crippen molar-refractivity contribution in [3.05, 3.63) is 30.1 Å². The number of nitrogens with one attached hydrogen (secondary N) is 2. The van der Waals surface area contributed by atoms with Gasteiger partial charge in [-0.2, -0.15) is 4.31 Å². The lowest BCUT2D eigenvalue weighted by Crippen LogP contribution is -2.48. The molecular formula is C18H28FN3O3S. The van der Waals surface area contributed by atoms with E-state index < -0.39 is 15.8 Å². The Labute approximate surface area is 155 Å². The van der Waals surface area contributed by atoms with Crippen LogP contribution in [0.3, 0.4) is 0 Å². The first kappa shape index (κ1) is 20.6. The van der Waals surface area contributed by atoms with Crippen LogP contribution in [0.2, 0.25) is 0 Å². The first-order valence-electron chi connectivity index (χ1n) is 8.93. The summed E-state index contributed by atoms with van der Waals surface area (Å²) in [5.74, 6) is -0.465. The van der Waals surface area contributed by atoms with Gasteiger partial charge < -0.3 is 10.6 Å². The second kappa shape index (κ2) is 8.35. The summed E-state index contributed by atoms with van der Waals surface area (Å²) in [5.41, 5.74) is -0.327. The second-order valence-corrected chi connectivity index (χ2v) is 9.53. The number of nitrogens with zero attached hydrogens (tertiary/aromatic N) is 1. The molecule has 0 bridgehead atoms. The molecule has 8 heteroatoms. The summed E-state index contributed by atoms with van der Waals surface area (Å²) >= 11 is 0. The van der Waals surface area contributed by atoms with Gasteiger partial charge in [-0.3, -0.25) is 0 Å². The fraction of sp³-hybridized carbons (Fsp3) is 0.611. The molecule has 1 fully saturated rings. The Balaban J connectivity index is 2.01. The summed E-state index contributed by atoms with van der Waals surface area (Å²) in [6.07, 6.45) is 3.05. The van der Waals surface area contributed by atoms with E-state index in [1.54, 1.807) is 0 Å². The number of carbonyl (C=O) groups is 1. The summed E-state index contributed by atoms with van der Waals surface area (Å²) in [6, 6.07) is 4.47. The van der Waals surface area contributed by atoms with Crippen LogP contribution in [-0.2, 0) is 10.0 Å². The van der Waals surface area contributed by atoms with E-state index in [1.807, 2.05) is 20.8 Å². The maximum absolute atomic E-state index is 13.1. The van der Waals surface area contributed by atoms with Crippen molar-refractivity contribution in [2.45, 2.75) is 62.9 Å². The highest BCUT2D eigenvalue weighted by Crippen LogP contribution is 2.27. The van der Waals surface area contributed by atoms with Crippen molar-refractivity contribution in [3.8, 4) is 0 Å². The van der Waals surface area contributed by atoms with Gasteiger partial charge in [-0.25, -0.2) is 17.6 Å². The molecule has 1 atom stereocenters. The lowest BCUT2D eigenvalue weighted by Gasteiger charge is -2.35. The molecule has 146 valence electrons. The predicted molar refractivity (Wildman–Crippen MR) is 98.8 cm³/mol. The largest absolute Gasteiger partial charge is 0.338 e. The van der Waals surface area contributed by atoms with Crippen molar-refractivity contribution in [2.75, 3.05) is 13.1 Å². The van der Waals surface area contributed by atoms with Gasteiger partial charge in [0.15, 0.2) is 0 Å². The van der Waals surface area contributed by atoms with Gasteiger partial charge in [0.25, 0.3) is 0 Å². The molecular weight excluding hydrogens is 357 g/mol. The molecule has 1 aliphatic heterocycles. The SMILES string of the molecule is CC(C)(C)NC(=O)NCCC1CCCCN1S(=O)(=O)c1ccc(F)cc1. The number of urea groups is 1. The zero-order valence-corrected chi connectivity index (χ0v) is 16.4. The van der Waals surface area contributed by atoms with E-state index in [0.29, 0.717) is 19.5 Å². The molecule has 0 aromatic heterocycles. The predicted octanol–water partition coefficient (Wildman–Crippen LogP) is 2.86. The molecule has 0 saturated carbocycles. The molecule has 2 rings (SSSR count). The zero-order valence-electron chi connectivity index (χ0n) is 15.6. The van der Waals surface area contributed by atoms with Crippen LogP contribution in [0.25, 0.3) is 0 Å². The number of carbonyl (C=O) groups excluding carboxylic acids is 1. The molecule has 1 aliphatic rings. The zero-order chi connectivity index (χ0) is 19.4. The number of hydrogen-bond donors (Lipinski definition) is 2. The van der Waals surface area contributed by atoms with E-state index in [1.165, 1.54) is 16.4 Å². The molecule has 0 spiro atoms. The van der Waals surface area contributed by atoms with Gasteiger partial charge in [0.2, 0.25) is 10.0 Å². The van der Waals surface area contributed by atoms with Crippen molar-refractivity contribution in [2.24, 2.45) is 0 Å². The Morgan fingerprint density at radius 3 is 2.50 bits per heavy atom. The molecule has 0 radical (unpaired) electrons. The minimum absolute atomic E-state index is 0.101. The number of rotatable bonds is 5. The van der Waals surface area contributed by atoms with Crippen molar-refractivity contribution in [1.29, 1.82) is 0 Å². The van der Waals surface area contributed by atoms with Crippen LogP contribution in [0, 0.1) is 5.82 Å². The first-order valence-corrected chi connectivity index (χ1v) is 10.4. The number of piperidine rings is 1. The topological polar surface area (TPSA) is 78.5 Å². The maximum Gasteiger partial charge on any atom is 0.315 e. The molecule has 1 aromatic carbocycles. The molecule has 0 aliphatic carbocycles. The summed E-state index contributed by atoms with van der Waals surface area (Å²) in [6.45, 7) is 6.51. The van der Waals surface area contributed by atoms with Crippen molar-refractivity contribution in [1.82, 2.24) is 14.9 Å². The second-order valence-electron chi connectivity index (χ2n) is 7.64. The highest BCUT2D eigenvalue weighted by molar-refractivity contribution is 7.89. The normalized spacial score (nSPS) is 19.2. The Morgan fingerprint density at radius 1 is 1.23 bits per heavy atom. The van der Waals surface area contributed by atoms with Crippen LogP contribution in [0.15, 0.2) is 29.2 Å².